The summed E-state index contributed by atoms with van der Waals surface area (Å²) >= 11 is 0. The highest BCUT2D eigenvalue weighted by molar-refractivity contribution is 5.99. The maximum absolute atomic E-state index is 11.8. The van der Waals surface area contributed by atoms with Crippen LogP contribution in [0.2, 0.25) is 0 Å². The zero-order chi connectivity index (χ0) is 13.5. The summed E-state index contributed by atoms with van der Waals surface area (Å²) in [6.45, 7) is 0. The fourth-order valence-corrected chi connectivity index (χ4v) is 1.16. The second-order valence-corrected chi connectivity index (χ2v) is 3.40. The molecule has 1 aromatic carbocycles. The number of nitrogens with one attached hydrogen (secondary N) is 1. The molecule has 0 atom stereocenters. The lowest BCUT2D eigenvalue weighted by Crippen LogP contribution is -2.27. The number of anilines is 1. The Morgan fingerprint density at radius 1 is 1.28 bits per heavy atom. The molecule has 0 saturated carbocycles. The van der Waals surface area contributed by atoms with Gasteiger partial charge in [-0.15, -0.1) is 0 Å². The third-order valence-corrected chi connectivity index (χ3v) is 2.03. The number of nitrogens with two attached hydrogens (primary N) is 3. The van der Waals surface area contributed by atoms with Crippen LogP contribution in [0.3, 0.4) is 0 Å². The van der Waals surface area contributed by atoms with E-state index in [1.165, 1.54) is 12.2 Å². The second-order valence-electron chi connectivity index (χ2n) is 3.40. The number of nitrogens with zero attached hydrogens (tertiary/aromatic N) is 1. The number of allylic oxidation sites excluding steroid dienone is 3. The van der Waals surface area contributed by atoms with Gasteiger partial charge in [0.1, 0.15) is 17.6 Å². The largest absolute Gasteiger partial charge is 0.398 e. The van der Waals surface area contributed by atoms with Gasteiger partial charge in [-0.1, -0.05) is 12.1 Å². The first-order chi connectivity index (χ1) is 8.54. The summed E-state index contributed by atoms with van der Waals surface area (Å²) in [5.41, 5.74) is 17.1. The van der Waals surface area contributed by atoms with E-state index < -0.39 is 5.91 Å². The molecule has 0 fully saturated rings. The highest BCUT2D eigenvalue weighted by atomic mass is 16.1. The monoisotopic (exact) mass is 243 g/mol. The van der Waals surface area contributed by atoms with E-state index in [1.807, 2.05) is 0 Å². The first kappa shape index (κ1) is 13.1. The van der Waals surface area contributed by atoms with Crippen LogP contribution in [0.5, 0.6) is 0 Å². The Hall–Kier alpha value is -2.94. The van der Waals surface area contributed by atoms with Crippen molar-refractivity contribution in [3.05, 3.63) is 53.5 Å². The minimum Gasteiger partial charge on any atom is -0.398 e. The van der Waals surface area contributed by atoms with Crippen LogP contribution in [0.1, 0.15) is 10.4 Å². The molecule has 6 heteroatoms. The Bertz CT molecular complexity index is 554. The first-order valence-corrected chi connectivity index (χ1v) is 5.03. The predicted octanol–water partition coefficient (Wildman–Crippen LogP) is 0.165. The van der Waals surface area contributed by atoms with Crippen LogP contribution in [-0.4, -0.2) is 5.91 Å². The molecule has 0 aromatic heterocycles. The maximum Gasteiger partial charge on any atom is 0.258 e. The number of benzene rings is 1. The van der Waals surface area contributed by atoms with Gasteiger partial charge < -0.3 is 22.5 Å². The fourth-order valence-electron chi connectivity index (χ4n) is 1.16. The van der Waals surface area contributed by atoms with Crippen LogP contribution < -0.4 is 22.5 Å². The molecular weight excluding hydrogens is 230 g/mol. The van der Waals surface area contributed by atoms with Crippen molar-refractivity contribution in [2.75, 3.05) is 5.73 Å². The Balaban J connectivity index is 2.78. The summed E-state index contributed by atoms with van der Waals surface area (Å²) in [7, 11) is 0. The van der Waals surface area contributed by atoms with Gasteiger partial charge in [0.2, 0.25) is 0 Å². The van der Waals surface area contributed by atoms with Gasteiger partial charge in [0.25, 0.3) is 5.91 Å². The summed E-state index contributed by atoms with van der Waals surface area (Å²) in [6, 6.07) is 8.33. The van der Waals surface area contributed by atoms with Crippen LogP contribution in [-0.2, 0) is 0 Å². The number of rotatable bonds is 3. The molecule has 0 aliphatic heterocycles. The predicted molar refractivity (Wildman–Crippen MR) is 68.5 cm³/mol. The van der Waals surface area contributed by atoms with Gasteiger partial charge in [0, 0.05) is 5.69 Å². The Kier molecular flexibility index (Phi) is 4.35. The molecular formula is C12H13N5O. The van der Waals surface area contributed by atoms with Gasteiger partial charge in [0.15, 0.2) is 0 Å². The van der Waals surface area contributed by atoms with Gasteiger partial charge >= 0.3 is 0 Å². The van der Waals surface area contributed by atoms with Crippen molar-refractivity contribution in [2.24, 2.45) is 11.5 Å². The molecule has 6 nitrogen and oxygen atoms in total. The van der Waals surface area contributed by atoms with Crippen molar-refractivity contribution < 1.29 is 4.79 Å². The molecule has 1 rings (SSSR count). The summed E-state index contributed by atoms with van der Waals surface area (Å²) in [4.78, 5) is 11.8. The van der Waals surface area contributed by atoms with Gasteiger partial charge in [-0.25, -0.2) is 0 Å². The molecule has 1 amide bonds. The van der Waals surface area contributed by atoms with Crippen molar-refractivity contribution in [1.82, 2.24) is 5.32 Å². The van der Waals surface area contributed by atoms with Crippen molar-refractivity contribution in [3.63, 3.8) is 0 Å². The number of para-hydroxylation sites is 1. The highest BCUT2D eigenvalue weighted by Crippen LogP contribution is 2.10. The second kappa shape index (κ2) is 5.96. The third-order valence-electron chi connectivity index (χ3n) is 2.03. The Morgan fingerprint density at radius 2 is 1.94 bits per heavy atom. The third kappa shape index (κ3) is 3.57. The summed E-state index contributed by atoms with van der Waals surface area (Å²) in [5, 5.41) is 10.9. The van der Waals surface area contributed by atoms with Crippen molar-refractivity contribution in [2.45, 2.75) is 0 Å². The lowest BCUT2D eigenvalue weighted by atomic mass is 10.1. The normalized spacial score (nSPS) is 11.7. The molecule has 18 heavy (non-hydrogen) atoms. The lowest BCUT2D eigenvalue weighted by Gasteiger charge is -2.06. The topological polar surface area (TPSA) is 131 Å². The van der Waals surface area contributed by atoms with Gasteiger partial charge in [-0.2, -0.15) is 5.26 Å². The fraction of sp³-hybridized carbons (Fsp3) is 0. The van der Waals surface area contributed by atoms with Crippen LogP contribution in [0.4, 0.5) is 5.69 Å². The Labute approximate surface area is 104 Å². The maximum atomic E-state index is 11.8. The van der Waals surface area contributed by atoms with E-state index in [-0.39, 0.29) is 11.5 Å². The van der Waals surface area contributed by atoms with Gasteiger partial charge in [-0.05, 0) is 24.3 Å². The van der Waals surface area contributed by atoms with Crippen LogP contribution in [0.15, 0.2) is 47.9 Å². The Morgan fingerprint density at radius 3 is 2.56 bits per heavy atom. The number of hydrogen-bond donors (Lipinski definition) is 4. The molecule has 0 aliphatic carbocycles. The SMILES string of the molecule is N#C/C(N)=C/C=C(\N)NC(=O)c1ccccc1N. The van der Waals surface area contributed by atoms with Crippen molar-refractivity contribution in [1.29, 1.82) is 5.26 Å². The molecule has 0 radical (unpaired) electrons. The zero-order valence-electron chi connectivity index (χ0n) is 9.55. The lowest BCUT2D eigenvalue weighted by molar-refractivity contribution is 0.0966. The molecule has 0 bridgehead atoms. The standard InChI is InChI=1S/C12H13N5O/c13-7-8(14)5-6-11(16)17-12(18)9-3-1-2-4-10(9)15/h1-6H,14-16H2,(H,17,18)/b8-5-,11-6+. The molecule has 92 valence electrons. The molecule has 0 heterocycles. The van der Waals surface area contributed by atoms with Crippen molar-refractivity contribution in [3.8, 4) is 6.07 Å². The van der Waals surface area contributed by atoms with E-state index in [1.54, 1.807) is 30.3 Å². The van der Waals surface area contributed by atoms with Crippen molar-refractivity contribution >= 4 is 11.6 Å². The molecule has 0 unspecified atom stereocenters. The molecule has 0 spiro atoms. The van der Waals surface area contributed by atoms with E-state index in [4.69, 9.17) is 22.5 Å². The first-order valence-electron chi connectivity index (χ1n) is 5.03. The molecule has 1 aromatic rings. The molecule has 7 N–H and O–H groups in total. The van der Waals surface area contributed by atoms with Crippen LogP contribution >= 0.6 is 0 Å². The van der Waals surface area contributed by atoms with E-state index in [9.17, 15) is 4.79 Å². The van der Waals surface area contributed by atoms with E-state index in [0.29, 0.717) is 11.3 Å². The number of carbonyl (C=O) groups is 1. The van der Waals surface area contributed by atoms with Gasteiger partial charge in [0.05, 0.1) is 5.56 Å². The average molecular weight is 243 g/mol. The summed E-state index contributed by atoms with van der Waals surface area (Å²) in [5.74, 6) is -0.354. The van der Waals surface area contributed by atoms with E-state index >= 15 is 0 Å². The average Bonchev–Trinajstić information content (AvgIpc) is 2.36. The smallest absolute Gasteiger partial charge is 0.258 e. The van der Waals surface area contributed by atoms with Crippen LogP contribution in [0.25, 0.3) is 0 Å². The summed E-state index contributed by atoms with van der Waals surface area (Å²) in [6.07, 6.45) is 2.62. The summed E-state index contributed by atoms with van der Waals surface area (Å²) < 4.78 is 0. The molecule has 0 aliphatic rings. The minimum atomic E-state index is -0.425. The minimum absolute atomic E-state index is 0.00794. The number of nitriles is 1. The van der Waals surface area contributed by atoms with Crippen LogP contribution in [0, 0.1) is 11.3 Å². The number of hydrogen-bond acceptors (Lipinski definition) is 5. The number of nitrogen functional groups attached to an aromatic ring is 1. The zero-order valence-corrected chi connectivity index (χ0v) is 9.55. The number of amides is 1. The number of carbonyl (C=O) groups excluding carboxylic acids is 1. The molecule has 0 saturated heterocycles. The van der Waals surface area contributed by atoms with E-state index in [0.717, 1.165) is 0 Å². The highest BCUT2D eigenvalue weighted by Gasteiger charge is 2.08. The quantitative estimate of drug-likeness (QED) is 0.341. The van der Waals surface area contributed by atoms with Gasteiger partial charge in [-0.3, -0.25) is 4.79 Å². The van der Waals surface area contributed by atoms with E-state index in [2.05, 4.69) is 5.32 Å².